The quantitative estimate of drug-likeness (QED) is 0.778. The third kappa shape index (κ3) is 2.89. The zero-order valence-corrected chi connectivity index (χ0v) is 9.88. The molecular weight excluding hydrogens is 198 g/mol. The van der Waals surface area contributed by atoms with Crippen LogP contribution in [0, 0.1) is 5.92 Å². The van der Waals surface area contributed by atoms with Crippen LogP contribution in [0.15, 0.2) is 0 Å². The average molecular weight is 217 g/mol. The number of thioether (sulfide) groups is 1. The Labute approximate surface area is 89.9 Å². The average Bonchev–Trinajstić information content (AvgIpc) is 2.16. The van der Waals surface area contributed by atoms with Crippen molar-refractivity contribution in [1.29, 1.82) is 0 Å². The highest BCUT2D eigenvalue weighted by molar-refractivity contribution is 8.00. The van der Waals surface area contributed by atoms with Crippen LogP contribution in [-0.2, 0) is 4.79 Å². The second-order valence-corrected chi connectivity index (χ2v) is 5.51. The summed E-state index contributed by atoms with van der Waals surface area (Å²) in [5.41, 5.74) is 0. The van der Waals surface area contributed by atoms with E-state index in [-0.39, 0.29) is 6.04 Å². The van der Waals surface area contributed by atoms with E-state index in [1.54, 1.807) is 6.92 Å². The van der Waals surface area contributed by atoms with Gasteiger partial charge < -0.3 is 5.11 Å². The van der Waals surface area contributed by atoms with Gasteiger partial charge in [-0.2, -0.15) is 11.8 Å². The Morgan fingerprint density at radius 2 is 2.14 bits per heavy atom. The van der Waals surface area contributed by atoms with Gasteiger partial charge in [-0.25, -0.2) is 0 Å². The molecule has 2 unspecified atom stereocenters. The van der Waals surface area contributed by atoms with E-state index >= 15 is 0 Å². The van der Waals surface area contributed by atoms with Crippen molar-refractivity contribution < 1.29 is 9.90 Å². The molecule has 0 saturated carbocycles. The van der Waals surface area contributed by atoms with Gasteiger partial charge in [-0.05, 0) is 12.8 Å². The van der Waals surface area contributed by atoms with E-state index in [0.717, 1.165) is 18.8 Å². The van der Waals surface area contributed by atoms with Crippen LogP contribution in [-0.4, -0.2) is 46.1 Å². The molecule has 1 rings (SSSR count). The summed E-state index contributed by atoms with van der Waals surface area (Å²) >= 11 is 1.97. The van der Waals surface area contributed by atoms with Gasteiger partial charge in [-0.15, -0.1) is 0 Å². The third-order valence-electron chi connectivity index (χ3n) is 2.77. The van der Waals surface area contributed by atoms with Crippen molar-refractivity contribution >= 4 is 17.7 Å². The Morgan fingerprint density at radius 3 is 2.64 bits per heavy atom. The highest BCUT2D eigenvalue weighted by atomic mass is 32.2. The fourth-order valence-corrected chi connectivity index (χ4v) is 2.93. The lowest BCUT2D eigenvalue weighted by Crippen LogP contribution is -2.47. The summed E-state index contributed by atoms with van der Waals surface area (Å²) in [5.74, 6) is 0.976. The number of carboxylic acid groups (broad SMARTS) is 1. The van der Waals surface area contributed by atoms with E-state index in [9.17, 15) is 4.79 Å². The van der Waals surface area contributed by atoms with Gasteiger partial charge in [0.1, 0.15) is 6.04 Å². The van der Waals surface area contributed by atoms with E-state index in [4.69, 9.17) is 5.11 Å². The van der Waals surface area contributed by atoms with E-state index in [1.807, 2.05) is 11.8 Å². The van der Waals surface area contributed by atoms with Crippen LogP contribution < -0.4 is 0 Å². The number of hydrogen-bond acceptors (Lipinski definition) is 3. The molecule has 0 aromatic carbocycles. The van der Waals surface area contributed by atoms with Gasteiger partial charge in [0.2, 0.25) is 0 Å². The number of carboxylic acids is 1. The number of rotatable bonds is 3. The second-order valence-electron chi connectivity index (χ2n) is 4.16. The van der Waals surface area contributed by atoms with Crippen molar-refractivity contribution in [2.24, 2.45) is 5.92 Å². The number of hydrogen-bond donors (Lipinski definition) is 1. The first-order valence-corrected chi connectivity index (χ1v) is 6.15. The molecule has 1 fully saturated rings. The van der Waals surface area contributed by atoms with E-state index in [2.05, 4.69) is 18.7 Å². The Hall–Kier alpha value is -0.220. The number of carbonyl (C=O) groups is 1. The van der Waals surface area contributed by atoms with Crippen LogP contribution >= 0.6 is 11.8 Å². The van der Waals surface area contributed by atoms with Gasteiger partial charge in [0.25, 0.3) is 0 Å². The van der Waals surface area contributed by atoms with Gasteiger partial charge in [-0.3, -0.25) is 9.69 Å². The zero-order valence-electron chi connectivity index (χ0n) is 9.06. The van der Waals surface area contributed by atoms with E-state index in [1.165, 1.54) is 0 Å². The molecule has 0 aliphatic carbocycles. The molecule has 0 aromatic rings. The normalized spacial score (nSPS) is 26.4. The fourth-order valence-electron chi connectivity index (χ4n) is 1.61. The molecule has 82 valence electrons. The predicted octanol–water partition coefficient (Wildman–Crippen LogP) is 1.53. The molecule has 2 atom stereocenters. The molecule has 1 N–H and O–H groups in total. The van der Waals surface area contributed by atoms with E-state index in [0.29, 0.717) is 11.2 Å². The molecule has 4 heteroatoms. The van der Waals surface area contributed by atoms with Crippen LogP contribution in [0.3, 0.4) is 0 Å². The minimum absolute atomic E-state index is 0.336. The Bertz CT molecular complexity index is 208. The molecule has 1 saturated heterocycles. The fraction of sp³-hybridized carbons (Fsp3) is 0.900. The van der Waals surface area contributed by atoms with Crippen LogP contribution in [0.5, 0.6) is 0 Å². The molecule has 1 aliphatic heterocycles. The summed E-state index contributed by atoms with van der Waals surface area (Å²) < 4.78 is 0. The largest absolute Gasteiger partial charge is 0.480 e. The molecule has 0 spiro atoms. The summed E-state index contributed by atoms with van der Waals surface area (Å²) in [6.07, 6.45) is 0. The van der Waals surface area contributed by atoms with Crippen LogP contribution in [0.1, 0.15) is 20.8 Å². The van der Waals surface area contributed by atoms with Crippen LogP contribution in [0.25, 0.3) is 0 Å². The standard InChI is InChI=1S/C10H19NO2S/c1-7(2)9-6-11(4-5-14-9)8(3)10(12)13/h7-9H,4-6H2,1-3H3,(H,12,13). The van der Waals surface area contributed by atoms with Crippen molar-refractivity contribution in [3.8, 4) is 0 Å². The molecular formula is C10H19NO2S. The smallest absolute Gasteiger partial charge is 0.320 e. The molecule has 14 heavy (non-hydrogen) atoms. The zero-order chi connectivity index (χ0) is 10.7. The Kier molecular flexibility index (Phi) is 4.26. The van der Waals surface area contributed by atoms with Gasteiger partial charge in [-0.1, -0.05) is 13.8 Å². The van der Waals surface area contributed by atoms with Crippen molar-refractivity contribution in [1.82, 2.24) is 4.90 Å². The molecule has 3 nitrogen and oxygen atoms in total. The van der Waals surface area contributed by atoms with Gasteiger partial charge >= 0.3 is 5.97 Å². The molecule has 0 amide bonds. The van der Waals surface area contributed by atoms with Crippen LogP contribution in [0.2, 0.25) is 0 Å². The molecule has 0 bridgehead atoms. The number of nitrogens with zero attached hydrogens (tertiary/aromatic N) is 1. The lowest BCUT2D eigenvalue weighted by atomic mass is 10.1. The maximum absolute atomic E-state index is 10.8. The van der Waals surface area contributed by atoms with Crippen molar-refractivity contribution in [3.05, 3.63) is 0 Å². The summed E-state index contributed by atoms with van der Waals surface area (Å²) in [7, 11) is 0. The molecule has 1 aliphatic rings. The maximum Gasteiger partial charge on any atom is 0.320 e. The lowest BCUT2D eigenvalue weighted by molar-refractivity contribution is -0.142. The first-order valence-electron chi connectivity index (χ1n) is 5.11. The van der Waals surface area contributed by atoms with Crippen molar-refractivity contribution in [2.75, 3.05) is 18.8 Å². The topological polar surface area (TPSA) is 40.5 Å². The lowest BCUT2D eigenvalue weighted by Gasteiger charge is -2.36. The van der Waals surface area contributed by atoms with Gasteiger partial charge in [0.15, 0.2) is 0 Å². The minimum atomic E-state index is -0.709. The summed E-state index contributed by atoms with van der Waals surface area (Å²) in [6, 6.07) is -0.336. The SMILES string of the molecule is CC(C)C1CN(C(C)C(=O)O)CCS1. The Balaban J connectivity index is 2.51. The second kappa shape index (κ2) is 5.03. The number of aliphatic carboxylic acids is 1. The summed E-state index contributed by atoms with van der Waals surface area (Å²) in [4.78, 5) is 12.9. The highest BCUT2D eigenvalue weighted by Gasteiger charge is 2.28. The molecule has 0 aromatic heterocycles. The minimum Gasteiger partial charge on any atom is -0.480 e. The first kappa shape index (κ1) is 11.9. The summed E-state index contributed by atoms with van der Waals surface area (Å²) in [6.45, 7) is 7.99. The monoisotopic (exact) mass is 217 g/mol. The van der Waals surface area contributed by atoms with Gasteiger partial charge in [0, 0.05) is 24.1 Å². The van der Waals surface area contributed by atoms with Crippen molar-refractivity contribution in [2.45, 2.75) is 32.1 Å². The maximum atomic E-state index is 10.8. The van der Waals surface area contributed by atoms with Crippen molar-refractivity contribution in [3.63, 3.8) is 0 Å². The Morgan fingerprint density at radius 1 is 1.50 bits per heavy atom. The van der Waals surface area contributed by atoms with Crippen LogP contribution in [0.4, 0.5) is 0 Å². The molecule has 1 heterocycles. The van der Waals surface area contributed by atoms with Gasteiger partial charge in [0.05, 0.1) is 0 Å². The third-order valence-corrected chi connectivity index (χ3v) is 4.31. The molecule has 0 radical (unpaired) electrons. The first-order chi connectivity index (χ1) is 6.52. The predicted molar refractivity (Wildman–Crippen MR) is 59.8 cm³/mol. The highest BCUT2D eigenvalue weighted by Crippen LogP contribution is 2.25. The summed E-state index contributed by atoms with van der Waals surface area (Å²) in [5, 5.41) is 9.50. The van der Waals surface area contributed by atoms with E-state index < -0.39 is 5.97 Å².